The zero-order chi connectivity index (χ0) is 10.1. The van der Waals surface area contributed by atoms with Gasteiger partial charge in [-0.1, -0.05) is 13.8 Å². The molecule has 1 aliphatic heterocycles. The van der Waals surface area contributed by atoms with Crippen molar-refractivity contribution in [1.29, 1.82) is 0 Å². The fourth-order valence-corrected chi connectivity index (χ4v) is 2.98. The van der Waals surface area contributed by atoms with Crippen molar-refractivity contribution in [2.45, 2.75) is 39.2 Å². The molecule has 0 radical (unpaired) electrons. The van der Waals surface area contributed by atoms with Gasteiger partial charge in [-0.15, -0.1) is 0 Å². The number of hydrogen-bond donors (Lipinski definition) is 1. The summed E-state index contributed by atoms with van der Waals surface area (Å²) in [6.07, 6.45) is 4.21. The second kappa shape index (κ2) is 4.19. The first-order valence-corrected chi connectivity index (χ1v) is 6.16. The molecule has 0 bridgehead atoms. The maximum atomic E-state index is 5.82. The Kier molecular flexibility index (Phi) is 3.13. The Labute approximate surface area is 87.8 Å². The molecular formula is C12H24N2. The maximum Gasteiger partial charge on any atom is 0.0121 e. The lowest BCUT2D eigenvalue weighted by molar-refractivity contribution is 0.0203. The lowest BCUT2D eigenvalue weighted by atomic mass is 9.77. The molecule has 0 aromatic rings. The zero-order valence-electron chi connectivity index (χ0n) is 9.58. The minimum atomic E-state index is 0.747. The van der Waals surface area contributed by atoms with Gasteiger partial charge in [0.15, 0.2) is 0 Å². The first-order valence-electron chi connectivity index (χ1n) is 6.16. The number of likely N-dealkylation sites (tertiary alicyclic amines) is 1. The van der Waals surface area contributed by atoms with Gasteiger partial charge in [-0.05, 0) is 50.1 Å². The van der Waals surface area contributed by atoms with Crippen molar-refractivity contribution in [3.05, 3.63) is 0 Å². The Bertz CT molecular complexity index is 193. The summed E-state index contributed by atoms with van der Waals surface area (Å²) in [4.78, 5) is 2.70. The molecule has 0 spiro atoms. The summed E-state index contributed by atoms with van der Waals surface area (Å²) in [5.41, 5.74) is 5.82. The molecule has 14 heavy (non-hydrogen) atoms. The molecule has 2 rings (SSSR count). The van der Waals surface area contributed by atoms with Crippen LogP contribution in [0.3, 0.4) is 0 Å². The highest BCUT2D eigenvalue weighted by atomic mass is 15.2. The lowest BCUT2D eigenvalue weighted by Gasteiger charge is -2.47. The summed E-state index contributed by atoms with van der Waals surface area (Å²) in [5.74, 6) is 2.52. The summed E-state index contributed by atoms with van der Waals surface area (Å²) in [5, 5.41) is 0. The smallest absolute Gasteiger partial charge is 0.0121 e. The molecule has 0 aromatic carbocycles. The number of piperidine rings is 1. The average Bonchev–Trinajstić information content (AvgIpc) is 2.18. The molecule has 1 saturated carbocycles. The molecule has 0 amide bonds. The van der Waals surface area contributed by atoms with Crippen LogP contribution in [0.1, 0.15) is 33.1 Å². The summed E-state index contributed by atoms with van der Waals surface area (Å²) in [7, 11) is 0. The van der Waals surface area contributed by atoms with E-state index in [9.17, 15) is 0 Å². The molecule has 2 nitrogen and oxygen atoms in total. The first-order chi connectivity index (χ1) is 6.72. The molecule has 1 aliphatic carbocycles. The van der Waals surface area contributed by atoms with Crippen LogP contribution in [0.4, 0.5) is 0 Å². The highest BCUT2D eigenvalue weighted by Crippen LogP contribution is 2.35. The van der Waals surface area contributed by atoms with Crippen LogP contribution in [0.25, 0.3) is 0 Å². The molecule has 0 aromatic heterocycles. The fourth-order valence-electron chi connectivity index (χ4n) is 2.98. The third-order valence-corrected chi connectivity index (χ3v) is 4.49. The Hall–Kier alpha value is -0.0800. The van der Waals surface area contributed by atoms with Crippen molar-refractivity contribution in [3.63, 3.8) is 0 Å². The largest absolute Gasteiger partial charge is 0.330 e. The Balaban J connectivity index is 1.89. The van der Waals surface area contributed by atoms with Crippen LogP contribution in [-0.4, -0.2) is 30.6 Å². The van der Waals surface area contributed by atoms with E-state index in [1.807, 2.05) is 0 Å². The second-order valence-corrected chi connectivity index (χ2v) is 5.38. The van der Waals surface area contributed by atoms with E-state index in [1.54, 1.807) is 0 Å². The third kappa shape index (κ3) is 1.82. The van der Waals surface area contributed by atoms with Crippen LogP contribution in [0, 0.1) is 17.8 Å². The quantitative estimate of drug-likeness (QED) is 0.728. The first kappa shape index (κ1) is 10.4. The van der Waals surface area contributed by atoms with E-state index < -0.39 is 0 Å². The van der Waals surface area contributed by atoms with E-state index >= 15 is 0 Å². The molecule has 2 N–H and O–H groups in total. The van der Waals surface area contributed by atoms with E-state index in [0.717, 1.165) is 30.3 Å². The molecule has 2 heteroatoms. The van der Waals surface area contributed by atoms with Crippen molar-refractivity contribution < 1.29 is 0 Å². The Morgan fingerprint density at radius 3 is 2.43 bits per heavy atom. The van der Waals surface area contributed by atoms with Gasteiger partial charge in [-0.3, -0.25) is 4.90 Å². The maximum absolute atomic E-state index is 5.82. The zero-order valence-corrected chi connectivity index (χ0v) is 9.58. The molecule has 2 fully saturated rings. The van der Waals surface area contributed by atoms with Gasteiger partial charge in [0, 0.05) is 12.6 Å². The van der Waals surface area contributed by atoms with Gasteiger partial charge in [0.05, 0.1) is 0 Å². The minimum absolute atomic E-state index is 0.747. The highest BCUT2D eigenvalue weighted by Gasteiger charge is 2.36. The molecule has 1 saturated heterocycles. The molecular weight excluding hydrogens is 172 g/mol. The number of rotatable bonds is 2. The number of hydrogen-bond acceptors (Lipinski definition) is 2. The normalized spacial score (nSPS) is 44.8. The lowest BCUT2D eigenvalue weighted by Crippen LogP contribution is -2.52. The van der Waals surface area contributed by atoms with Crippen LogP contribution >= 0.6 is 0 Å². The van der Waals surface area contributed by atoms with Gasteiger partial charge in [0.25, 0.3) is 0 Å². The van der Waals surface area contributed by atoms with Gasteiger partial charge in [0.1, 0.15) is 0 Å². The van der Waals surface area contributed by atoms with Crippen LogP contribution in [0.15, 0.2) is 0 Å². The number of nitrogens with two attached hydrogens (primary N) is 1. The summed E-state index contributed by atoms with van der Waals surface area (Å²) in [6.45, 7) is 8.20. The topological polar surface area (TPSA) is 29.3 Å². The van der Waals surface area contributed by atoms with Crippen LogP contribution in [0.2, 0.25) is 0 Å². The summed E-state index contributed by atoms with van der Waals surface area (Å²) < 4.78 is 0. The third-order valence-electron chi connectivity index (χ3n) is 4.49. The average molecular weight is 196 g/mol. The summed E-state index contributed by atoms with van der Waals surface area (Å²) >= 11 is 0. The SMILES string of the molecule is CC1CCN(C2CCC2C)CC1CN. The van der Waals surface area contributed by atoms with Crippen molar-refractivity contribution in [2.75, 3.05) is 19.6 Å². The van der Waals surface area contributed by atoms with Gasteiger partial charge >= 0.3 is 0 Å². The Morgan fingerprint density at radius 2 is 1.93 bits per heavy atom. The van der Waals surface area contributed by atoms with Crippen LogP contribution < -0.4 is 5.73 Å². The van der Waals surface area contributed by atoms with Gasteiger partial charge in [0.2, 0.25) is 0 Å². The van der Waals surface area contributed by atoms with E-state index in [0.29, 0.717) is 0 Å². The molecule has 2 aliphatic rings. The van der Waals surface area contributed by atoms with Crippen LogP contribution in [-0.2, 0) is 0 Å². The van der Waals surface area contributed by atoms with Gasteiger partial charge in [-0.25, -0.2) is 0 Å². The van der Waals surface area contributed by atoms with E-state index in [-0.39, 0.29) is 0 Å². The van der Waals surface area contributed by atoms with E-state index in [4.69, 9.17) is 5.73 Å². The molecule has 1 heterocycles. The van der Waals surface area contributed by atoms with E-state index in [1.165, 1.54) is 32.4 Å². The van der Waals surface area contributed by atoms with E-state index in [2.05, 4.69) is 18.7 Å². The van der Waals surface area contributed by atoms with Crippen molar-refractivity contribution in [2.24, 2.45) is 23.5 Å². The molecule has 4 unspecified atom stereocenters. The van der Waals surface area contributed by atoms with Crippen molar-refractivity contribution >= 4 is 0 Å². The fraction of sp³-hybridized carbons (Fsp3) is 1.00. The summed E-state index contributed by atoms with van der Waals surface area (Å²) in [6, 6.07) is 0.886. The Morgan fingerprint density at radius 1 is 1.14 bits per heavy atom. The standard InChI is InChI=1S/C12H24N2/c1-9-5-6-14(8-11(9)7-13)12-4-3-10(12)2/h9-12H,3-8,13H2,1-2H3. The number of nitrogens with zero attached hydrogens (tertiary/aromatic N) is 1. The van der Waals surface area contributed by atoms with Gasteiger partial charge in [-0.2, -0.15) is 0 Å². The predicted molar refractivity (Wildman–Crippen MR) is 60.1 cm³/mol. The van der Waals surface area contributed by atoms with Crippen molar-refractivity contribution in [3.8, 4) is 0 Å². The van der Waals surface area contributed by atoms with Crippen LogP contribution in [0.5, 0.6) is 0 Å². The molecule has 82 valence electrons. The predicted octanol–water partition coefficient (Wildman–Crippen LogP) is 1.70. The molecule has 4 atom stereocenters. The second-order valence-electron chi connectivity index (χ2n) is 5.38. The van der Waals surface area contributed by atoms with Gasteiger partial charge < -0.3 is 5.73 Å². The minimum Gasteiger partial charge on any atom is -0.330 e. The van der Waals surface area contributed by atoms with Crippen molar-refractivity contribution in [1.82, 2.24) is 4.90 Å². The monoisotopic (exact) mass is 196 g/mol. The highest BCUT2D eigenvalue weighted by molar-refractivity contribution is 4.90.